The normalized spacial score (nSPS) is 10.9. The fourth-order valence-electron chi connectivity index (χ4n) is 3.04. The van der Waals surface area contributed by atoms with Crippen LogP contribution >= 0.6 is 11.3 Å². The van der Waals surface area contributed by atoms with Crippen molar-refractivity contribution in [1.29, 1.82) is 0 Å². The number of carbonyl (C=O) groups is 2. The molecular weight excluding hydrogens is 417 g/mol. The molecule has 0 spiro atoms. The van der Waals surface area contributed by atoms with Gasteiger partial charge in [-0.2, -0.15) is 4.98 Å². The van der Waals surface area contributed by atoms with E-state index in [2.05, 4.69) is 20.7 Å². The highest BCUT2D eigenvalue weighted by Gasteiger charge is 2.15. The summed E-state index contributed by atoms with van der Waals surface area (Å²) in [7, 11) is 0. The first kappa shape index (κ1) is 20.7. The zero-order chi connectivity index (χ0) is 21.8. The number of rotatable bonds is 6. The van der Waals surface area contributed by atoms with Crippen LogP contribution in [0.25, 0.3) is 16.3 Å². The predicted molar refractivity (Wildman–Crippen MR) is 117 cm³/mol. The highest BCUT2D eigenvalue weighted by atomic mass is 32.1. The summed E-state index contributed by atoms with van der Waals surface area (Å²) in [4.78, 5) is 29.3. The van der Waals surface area contributed by atoms with Crippen molar-refractivity contribution >= 4 is 33.8 Å². The van der Waals surface area contributed by atoms with Gasteiger partial charge in [0.2, 0.25) is 4.96 Å². The van der Waals surface area contributed by atoms with Gasteiger partial charge in [-0.15, -0.1) is 16.4 Å². The van der Waals surface area contributed by atoms with E-state index in [-0.39, 0.29) is 12.4 Å². The molecule has 7 nitrogen and oxygen atoms in total. The second-order valence-electron chi connectivity index (χ2n) is 6.88. The second kappa shape index (κ2) is 9.05. The minimum absolute atomic E-state index is 0.266. The van der Waals surface area contributed by atoms with Gasteiger partial charge < -0.3 is 10.6 Å². The Hall–Kier alpha value is -3.59. The van der Waals surface area contributed by atoms with E-state index < -0.39 is 11.8 Å². The summed E-state index contributed by atoms with van der Waals surface area (Å²) >= 11 is 1.41. The minimum atomic E-state index is -0.714. The van der Waals surface area contributed by atoms with Gasteiger partial charge in [-0.1, -0.05) is 31.2 Å². The Morgan fingerprint density at radius 3 is 2.68 bits per heavy atom. The van der Waals surface area contributed by atoms with Crippen molar-refractivity contribution in [1.82, 2.24) is 19.9 Å². The van der Waals surface area contributed by atoms with Crippen molar-refractivity contribution in [2.24, 2.45) is 0 Å². The largest absolute Gasteiger partial charge is 0.347 e. The van der Waals surface area contributed by atoms with Gasteiger partial charge in [0.05, 0.1) is 5.69 Å². The number of amides is 2. The van der Waals surface area contributed by atoms with Crippen molar-refractivity contribution in [2.75, 3.05) is 11.9 Å². The number of aromatic nitrogens is 3. The lowest BCUT2D eigenvalue weighted by molar-refractivity contribution is -0.136. The maximum atomic E-state index is 13.5. The Kier molecular flexibility index (Phi) is 6.03. The summed E-state index contributed by atoms with van der Waals surface area (Å²) in [6.07, 6.45) is 1.37. The smallest absolute Gasteiger partial charge is 0.313 e. The monoisotopic (exact) mass is 437 g/mol. The van der Waals surface area contributed by atoms with E-state index in [9.17, 15) is 14.0 Å². The molecule has 2 amide bonds. The Morgan fingerprint density at radius 1 is 1.13 bits per heavy atom. The van der Waals surface area contributed by atoms with E-state index in [1.807, 2.05) is 24.4 Å². The number of benzene rings is 2. The number of hydrogen-bond acceptors (Lipinski definition) is 5. The number of carbonyl (C=O) groups excluding carboxylic acids is 2. The average molecular weight is 438 g/mol. The lowest BCUT2D eigenvalue weighted by Crippen LogP contribution is -2.36. The molecule has 31 heavy (non-hydrogen) atoms. The standard InChI is InChI=1S/C22H20FN5O2S/c1-2-14-6-8-17(9-7-14)25-21(30)20(29)24-11-10-18-13-31-22-26-19(27-28(18)22)15-4-3-5-16(23)12-15/h3-9,12-13H,2,10-11H2,1H3,(H,24,29)(H,25,30). The van der Waals surface area contributed by atoms with Crippen LogP contribution in [0.3, 0.4) is 0 Å². The Bertz CT molecular complexity index is 1230. The van der Waals surface area contributed by atoms with E-state index in [1.165, 1.54) is 23.5 Å². The van der Waals surface area contributed by atoms with Gasteiger partial charge in [0.1, 0.15) is 5.82 Å². The highest BCUT2D eigenvalue weighted by Crippen LogP contribution is 2.21. The van der Waals surface area contributed by atoms with E-state index in [0.717, 1.165) is 17.7 Å². The number of anilines is 1. The highest BCUT2D eigenvalue weighted by molar-refractivity contribution is 7.15. The fraction of sp³-hybridized carbons (Fsp3) is 0.182. The van der Waals surface area contributed by atoms with Crippen LogP contribution in [-0.2, 0) is 22.4 Å². The second-order valence-corrected chi connectivity index (χ2v) is 7.71. The van der Waals surface area contributed by atoms with E-state index in [1.54, 1.807) is 28.8 Å². The maximum Gasteiger partial charge on any atom is 0.313 e. The number of nitrogens with zero attached hydrogens (tertiary/aromatic N) is 3. The first-order chi connectivity index (χ1) is 15.0. The molecule has 9 heteroatoms. The van der Waals surface area contributed by atoms with Crippen LogP contribution < -0.4 is 10.6 Å². The lowest BCUT2D eigenvalue weighted by atomic mass is 10.1. The predicted octanol–water partition coefficient (Wildman–Crippen LogP) is 3.46. The number of hydrogen-bond donors (Lipinski definition) is 2. The van der Waals surface area contributed by atoms with Crippen molar-refractivity contribution in [3.05, 3.63) is 71.0 Å². The molecule has 0 atom stereocenters. The quantitative estimate of drug-likeness (QED) is 0.452. The molecule has 0 aliphatic carbocycles. The minimum Gasteiger partial charge on any atom is -0.347 e. The molecule has 4 aromatic rings. The Morgan fingerprint density at radius 2 is 1.94 bits per heavy atom. The third-order valence-electron chi connectivity index (χ3n) is 4.73. The van der Waals surface area contributed by atoms with E-state index in [4.69, 9.17) is 0 Å². The molecule has 0 bridgehead atoms. The van der Waals surface area contributed by atoms with Crippen LogP contribution in [0.1, 0.15) is 18.2 Å². The van der Waals surface area contributed by atoms with Crippen LogP contribution in [0.4, 0.5) is 10.1 Å². The van der Waals surface area contributed by atoms with Crippen molar-refractivity contribution in [2.45, 2.75) is 19.8 Å². The molecule has 0 unspecified atom stereocenters. The Balaban J connectivity index is 1.34. The molecule has 0 saturated heterocycles. The lowest BCUT2D eigenvalue weighted by Gasteiger charge is -2.07. The first-order valence-corrected chi connectivity index (χ1v) is 10.7. The third kappa shape index (κ3) is 4.77. The van der Waals surface area contributed by atoms with E-state index in [0.29, 0.717) is 28.5 Å². The van der Waals surface area contributed by atoms with E-state index >= 15 is 0 Å². The zero-order valence-electron chi connectivity index (χ0n) is 16.8. The molecule has 0 saturated carbocycles. The Labute approximate surface area is 181 Å². The molecular formula is C22H20FN5O2S. The van der Waals surface area contributed by atoms with Crippen LogP contribution in [0, 0.1) is 5.82 Å². The summed E-state index contributed by atoms with van der Waals surface area (Å²) in [6, 6.07) is 13.5. The van der Waals surface area contributed by atoms with Crippen molar-refractivity contribution < 1.29 is 14.0 Å². The molecule has 2 aromatic carbocycles. The summed E-state index contributed by atoms with van der Waals surface area (Å²) in [5.41, 5.74) is 3.16. The molecule has 0 aliphatic rings. The van der Waals surface area contributed by atoms with Gasteiger partial charge >= 0.3 is 11.8 Å². The molecule has 2 N–H and O–H groups in total. The van der Waals surface area contributed by atoms with Crippen LogP contribution in [0.15, 0.2) is 53.9 Å². The third-order valence-corrected chi connectivity index (χ3v) is 5.59. The summed E-state index contributed by atoms with van der Waals surface area (Å²) in [5, 5.41) is 11.5. The number of nitrogens with one attached hydrogen (secondary N) is 2. The summed E-state index contributed by atoms with van der Waals surface area (Å²) in [5.74, 6) is -1.33. The molecule has 0 aliphatic heterocycles. The molecule has 0 radical (unpaired) electrons. The molecule has 158 valence electrons. The topological polar surface area (TPSA) is 88.4 Å². The van der Waals surface area contributed by atoms with Gasteiger partial charge in [0.15, 0.2) is 5.82 Å². The average Bonchev–Trinajstić information content (AvgIpc) is 3.36. The van der Waals surface area contributed by atoms with Crippen LogP contribution in [0.2, 0.25) is 0 Å². The maximum absolute atomic E-state index is 13.5. The fourth-order valence-corrected chi connectivity index (χ4v) is 3.90. The number of aryl methyl sites for hydroxylation is 1. The van der Waals surface area contributed by atoms with Crippen molar-refractivity contribution in [3.63, 3.8) is 0 Å². The van der Waals surface area contributed by atoms with Gasteiger partial charge in [0, 0.05) is 29.6 Å². The van der Waals surface area contributed by atoms with Gasteiger partial charge in [-0.05, 0) is 36.2 Å². The number of thiazole rings is 1. The number of halogens is 1. The summed E-state index contributed by atoms with van der Waals surface area (Å²) < 4.78 is 15.1. The SMILES string of the molecule is CCc1ccc(NC(=O)C(=O)NCCc2csc3nc(-c4cccc(F)c4)nn23)cc1. The summed E-state index contributed by atoms with van der Waals surface area (Å²) in [6.45, 7) is 2.31. The first-order valence-electron chi connectivity index (χ1n) is 9.80. The van der Waals surface area contributed by atoms with Crippen LogP contribution in [0.5, 0.6) is 0 Å². The van der Waals surface area contributed by atoms with Gasteiger partial charge in [0.25, 0.3) is 0 Å². The molecule has 4 rings (SSSR count). The van der Waals surface area contributed by atoms with Crippen LogP contribution in [-0.4, -0.2) is 33.0 Å². The van der Waals surface area contributed by atoms with Gasteiger partial charge in [-0.25, -0.2) is 8.91 Å². The molecule has 0 fully saturated rings. The molecule has 2 heterocycles. The molecule has 2 aromatic heterocycles. The van der Waals surface area contributed by atoms with Crippen molar-refractivity contribution in [3.8, 4) is 11.4 Å². The van der Waals surface area contributed by atoms with Gasteiger partial charge in [-0.3, -0.25) is 9.59 Å². The zero-order valence-corrected chi connectivity index (χ0v) is 17.6. The number of fused-ring (bicyclic) bond motifs is 1.